The fraction of sp³-hybridized carbons (Fsp3) is 0.286. The molecule has 1 aromatic carbocycles. The molecule has 2 aromatic rings. The second-order valence-corrected chi connectivity index (χ2v) is 4.37. The summed E-state index contributed by atoms with van der Waals surface area (Å²) in [5, 5.41) is 9.09. The zero-order chi connectivity index (χ0) is 13.2. The number of benzene rings is 1. The maximum absolute atomic E-state index is 9.09. The van der Waals surface area contributed by atoms with Crippen molar-refractivity contribution in [2.75, 3.05) is 13.2 Å². The average molecular weight is 255 g/mol. The lowest BCUT2D eigenvalue weighted by molar-refractivity contribution is 0.297. The number of imidazole rings is 1. The minimum absolute atomic E-state index is 0.395. The number of fused-ring (bicyclic) bond motifs is 1. The number of aromatic nitrogens is 2. The highest BCUT2D eigenvalue weighted by molar-refractivity contribution is 5.68. The second kappa shape index (κ2) is 4.65. The number of ether oxygens (including phenoxy) is 2. The Labute approximate surface area is 110 Å². The highest BCUT2D eigenvalue weighted by Crippen LogP contribution is 2.34. The predicted octanol–water partition coefficient (Wildman–Crippen LogP) is 2.42. The van der Waals surface area contributed by atoms with Gasteiger partial charge in [-0.1, -0.05) is 0 Å². The number of nitrogens with zero attached hydrogens (tertiary/aromatic N) is 2. The summed E-state index contributed by atoms with van der Waals surface area (Å²) >= 11 is 0. The number of hydrogen-bond donors (Lipinski definition) is 1. The first-order valence-corrected chi connectivity index (χ1v) is 6.14. The van der Waals surface area contributed by atoms with Crippen LogP contribution in [-0.4, -0.2) is 23.2 Å². The summed E-state index contributed by atoms with van der Waals surface area (Å²) in [4.78, 5) is 7.25. The zero-order valence-electron chi connectivity index (χ0n) is 10.6. The third kappa shape index (κ3) is 2.13. The third-order valence-corrected chi connectivity index (χ3v) is 2.96. The molecule has 5 heteroatoms. The van der Waals surface area contributed by atoms with Gasteiger partial charge in [0.1, 0.15) is 11.9 Å². The fourth-order valence-electron chi connectivity index (χ4n) is 2.10. The molecule has 0 atom stereocenters. The summed E-state index contributed by atoms with van der Waals surface area (Å²) in [6, 6.07) is 7.75. The molecule has 1 aliphatic rings. The van der Waals surface area contributed by atoms with E-state index in [0.717, 1.165) is 29.3 Å². The van der Waals surface area contributed by atoms with Crippen LogP contribution in [0.4, 0.5) is 0 Å². The van der Waals surface area contributed by atoms with Crippen LogP contribution in [0.25, 0.3) is 11.3 Å². The summed E-state index contributed by atoms with van der Waals surface area (Å²) < 4.78 is 11.2. The van der Waals surface area contributed by atoms with Gasteiger partial charge in [-0.15, -0.1) is 0 Å². The molecule has 19 heavy (non-hydrogen) atoms. The largest absolute Gasteiger partial charge is 0.490 e. The van der Waals surface area contributed by atoms with Gasteiger partial charge in [-0.2, -0.15) is 5.26 Å². The Balaban J connectivity index is 2.06. The van der Waals surface area contributed by atoms with Crippen molar-refractivity contribution < 1.29 is 9.47 Å². The van der Waals surface area contributed by atoms with Crippen LogP contribution in [0.2, 0.25) is 0 Å². The smallest absolute Gasteiger partial charge is 0.166 e. The van der Waals surface area contributed by atoms with Crippen molar-refractivity contribution >= 4 is 0 Å². The van der Waals surface area contributed by atoms with E-state index in [9.17, 15) is 0 Å². The highest BCUT2D eigenvalue weighted by atomic mass is 16.5. The Morgan fingerprint density at radius 1 is 1.26 bits per heavy atom. The van der Waals surface area contributed by atoms with Crippen LogP contribution in [0.5, 0.6) is 11.5 Å². The Hall–Kier alpha value is -2.48. The maximum atomic E-state index is 9.09. The van der Waals surface area contributed by atoms with Crippen molar-refractivity contribution in [2.24, 2.45) is 0 Å². The number of hydrogen-bond acceptors (Lipinski definition) is 4. The van der Waals surface area contributed by atoms with Gasteiger partial charge < -0.3 is 14.5 Å². The van der Waals surface area contributed by atoms with Crippen molar-refractivity contribution in [1.82, 2.24) is 9.97 Å². The second-order valence-electron chi connectivity index (χ2n) is 4.37. The van der Waals surface area contributed by atoms with E-state index < -0.39 is 0 Å². The summed E-state index contributed by atoms with van der Waals surface area (Å²) in [5.41, 5.74) is 1.99. The van der Waals surface area contributed by atoms with Gasteiger partial charge in [-0.3, -0.25) is 0 Å². The number of nitriles is 1. The Bertz CT molecular complexity index is 655. The van der Waals surface area contributed by atoms with Gasteiger partial charge in [0, 0.05) is 12.0 Å². The van der Waals surface area contributed by atoms with Crippen molar-refractivity contribution in [1.29, 1.82) is 5.26 Å². The van der Waals surface area contributed by atoms with Gasteiger partial charge in [0.05, 0.1) is 18.9 Å². The standard InChI is InChI=1S/C14H13N3O2/c1-9-16-11(8-15)14(17-9)10-3-4-12-13(7-10)19-6-2-5-18-12/h3-4,7H,2,5-6H2,1H3,(H,16,17). The first-order chi connectivity index (χ1) is 9.28. The van der Waals surface area contributed by atoms with Crippen molar-refractivity contribution in [3.05, 3.63) is 29.7 Å². The molecule has 1 N–H and O–H groups in total. The molecule has 0 aliphatic carbocycles. The van der Waals surface area contributed by atoms with E-state index in [1.807, 2.05) is 25.1 Å². The van der Waals surface area contributed by atoms with Crippen molar-refractivity contribution in [2.45, 2.75) is 13.3 Å². The molecule has 0 fully saturated rings. The molecule has 3 rings (SSSR count). The normalized spacial score (nSPS) is 13.7. The van der Waals surface area contributed by atoms with Crippen LogP contribution < -0.4 is 9.47 Å². The molecule has 0 unspecified atom stereocenters. The van der Waals surface area contributed by atoms with Gasteiger partial charge in [-0.25, -0.2) is 4.98 Å². The van der Waals surface area contributed by atoms with Crippen LogP contribution >= 0.6 is 0 Å². The summed E-state index contributed by atoms with van der Waals surface area (Å²) in [7, 11) is 0. The maximum Gasteiger partial charge on any atom is 0.166 e. The van der Waals surface area contributed by atoms with Gasteiger partial charge >= 0.3 is 0 Å². The Morgan fingerprint density at radius 2 is 2.05 bits per heavy atom. The third-order valence-electron chi connectivity index (χ3n) is 2.96. The molecule has 0 spiro atoms. The van der Waals surface area contributed by atoms with Gasteiger partial charge in [-0.05, 0) is 25.1 Å². The summed E-state index contributed by atoms with van der Waals surface area (Å²) in [6.07, 6.45) is 0.872. The quantitative estimate of drug-likeness (QED) is 0.849. The molecule has 0 bridgehead atoms. The lowest BCUT2D eigenvalue weighted by Crippen LogP contribution is -1.97. The predicted molar refractivity (Wildman–Crippen MR) is 69.1 cm³/mol. The Kier molecular flexibility index (Phi) is 2.84. The molecule has 1 aliphatic heterocycles. The van der Waals surface area contributed by atoms with Crippen LogP contribution in [0.3, 0.4) is 0 Å². The van der Waals surface area contributed by atoms with E-state index >= 15 is 0 Å². The fourth-order valence-corrected chi connectivity index (χ4v) is 2.10. The first-order valence-electron chi connectivity index (χ1n) is 6.14. The molecule has 1 aromatic heterocycles. The Morgan fingerprint density at radius 3 is 2.84 bits per heavy atom. The van der Waals surface area contributed by atoms with Crippen molar-refractivity contribution in [3.63, 3.8) is 0 Å². The molecule has 0 amide bonds. The van der Waals surface area contributed by atoms with Crippen molar-refractivity contribution in [3.8, 4) is 28.8 Å². The summed E-state index contributed by atoms with van der Waals surface area (Å²) in [6.45, 7) is 3.13. The molecule has 5 nitrogen and oxygen atoms in total. The number of aromatic amines is 1. The van der Waals surface area contributed by atoms with E-state index in [1.54, 1.807) is 0 Å². The molecule has 96 valence electrons. The first kappa shape index (κ1) is 11.6. The van der Waals surface area contributed by atoms with E-state index in [1.165, 1.54) is 0 Å². The number of nitrogens with one attached hydrogen (secondary N) is 1. The number of aryl methyl sites for hydroxylation is 1. The highest BCUT2D eigenvalue weighted by Gasteiger charge is 2.15. The lowest BCUT2D eigenvalue weighted by atomic mass is 10.1. The van der Waals surface area contributed by atoms with Crippen LogP contribution in [0, 0.1) is 18.3 Å². The van der Waals surface area contributed by atoms with E-state index in [4.69, 9.17) is 14.7 Å². The van der Waals surface area contributed by atoms with Crippen LogP contribution in [0.1, 0.15) is 17.9 Å². The topological polar surface area (TPSA) is 70.9 Å². The van der Waals surface area contributed by atoms with Gasteiger partial charge in [0.25, 0.3) is 0 Å². The zero-order valence-corrected chi connectivity index (χ0v) is 10.6. The van der Waals surface area contributed by atoms with Crippen LogP contribution in [0.15, 0.2) is 18.2 Å². The lowest BCUT2D eigenvalue weighted by Gasteiger charge is -2.08. The van der Waals surface area contributed by atoms with E-state index in [2.05, 4.69) is 16.0 Å². The number of H-pyrrole nitrogens is 1. The number of rotatable bonds is 1. The van der Waals surface area contributed by atoms with Gasteiger partial charge in [0.2, 0.25) is 0 Å². The SMILES string of the molecule is Cc1nc(C#N)c(-c2ccc3c(c2)OCCCO3)[nH]1. The molecule has 2 heterocycles. The molecule has 0 saturated carbocycles. The molecular formula is C14H13N3O2. The van der Waals surface area contributed by atoms with Crippen LogP contribution in [-0.2, 0) is 0 Å². The molecule has 0 saturated heterocycles. The average Bonchev–Trinajstić information content (AvgIpc) is 2.66. The minimum Gasteiger partial charge on any atom is -0.490 e. The summed E-state index contributed by atoms with van der Waals surface area (Å²) in [5.74, 6) is 2.18. The van der Waals surface area contributed by atoms with E-state index in [0.29, 0.717) is 24.7 Å². The monoisotopic (exact) mass is 255 g/mol. The van der Waals surface area contributed by atoms with Gasteiger partial charge in [0.15, 0.2) is 17.2 Å². The molecular weight excluding hydrogens is 242 g/mol. The molecule has 0 radical (unpaired) electrons. The van der Waals surface area contributed by atoms with E-state index in [-0.39, 0.29) is 0 Å². The minimum atomic E-state index is 0.395.